The Hall–Kier alpha value is -1.05. The van der Waals surface area contributed by atoms with Gasteiger partial charge in [0, 0.05) is 6.07 Å². The topological polar surface area (TPSA) is 9.23 Å². The molecule has 1 aromatic rings. The molecule has 1 aliphatic carbocycles. The van der Waals surface area contributed by atoms with Gasteiger partial charge in [-0.1, -0.05) is 46.0 Å². The second kappa shape index (κ2) is 10.8. The second-order valence-electron chi connectivity index (χ2n) is 8.00. The molecule has 0 radical (unpaired) electrons. The van der Waals surface area contributed by atoms with E-state index in [1.165, 1.54) is 64.2 Å². The average molecular weight is 349 g/mol. The normalized spacial score (nSPS) is 21.9. The summed E-state index contributed by atoms with van der Waals surface area (Å²) in [5, 5.41) is 0. The van der Waals surface area contributed by atoms with Gasteiger partial charge in [0.05, 0.1) is 6.10 Å². The number of hydrogen-bond acceptors (Lipinski definition) is 1. The number of halogens is 1. The molecule has 1 nitrogen and oxygen atoms in total. The van der Waals surface area contributed by atoms with Gasteiger partial charge in [0.1, 0.15) is 11.6 Å². The maximum absolute atomic E-state index is 14.1. The number of rotatable bonds is 10. The highest BCUT2D eigenvalue weighted by Crippen LogP contribution is 2.38. The number of unbranched alkanes of at least 4 members (excludes halogenated alkanes) is 3. The van der Waals surface area contributed by atoms with Crippen molar-refractivity contribution in [3.63, 3.8) is 0 Å². The van der Waals surface area contributed by atoms with Gasteiger partial charge in [0.15, 0.2) is 0 Å². The van der Waals surface area contributed by atoms with Crippen LogP contribution in [0.3, 0.4) is 0 Å². The van der Waals surface area contributed by atoms with Crippen LogP contribution < -0.4 is 4.74 Å². The fraction of sp³-hybridized carbons (Fsp3) is 0.739. The third-order valence-corrected chi connectivity index (χ3v) is 5.71. The van der Waals surface area contributed by atoms with Crippen molar-refractivity contribution < 1.29 is 9.13 Å². The molecule has 0 aliphatic heterocycles. The summed E-state index contributed by atoms with van der Waals surface area (Å²) in [6.07, 6.45) is 13.8. The van der Waals surface area contributed by atoms with Crippen molar-refractivity contribution in [1.82, 2.24) is 0 Å². The van der Waals surface area contributed by atoms with Crippen LogP contribution in [-0.4, -0.2) is 6.10 Å². The molecule has 25 heavy (non-hydrogen) atoms. The lowest BCUT2D eigenvalue weighted by Crippen LogP contribution is -2.14. The van der Waals surface area contributed by atoms with Gasteiger partial charge in [0.2, 0.25) is 0 Å². The molecule has 0 N–H and O–H groups in total. The Morgan fingerprint density at radius 3 is 2.44 bits per heavy atom. The molecular weight excluding hydrogens is 311 g/mol. The van der Waals surface area contributed by atoms with Crippen molar-refractivity contribution in [3.05, 3.63) is 29.6 Å². The molecule has 0 spiro atoms. The van der Waals surface area contributed by atoms with Crippen LogP contribution in [0.1, 0.15) is 103 Å². The molecule has 0 aromatic heterocycles. The molecule has 0 bridgehead atoms. The molecule has 1 aliphatic rings. The molecule has 0 heterocycles. The molecule has 1 aromatic carbocycles. The zero-order valence-electron chi connectivity index (χ0n) is 16.5. The minimum atomic E-state index is -0.152. The molecule has 0 unspecified atom stereocenters. The summed E-state index contributed by atoms with van der Waals surface area (Å²) in [6, 6.07) is 5.37. The van der Waals surface area contributed by atoms with Gasteiger partial charge in [-0.15, -0.1) is 0 Å². The monoisotopic (exact) mass is 348 g/mol. The first-order chi connectivity index (χ1) is 12.1. The van der Waals surface area contributed by atoms with E-state index in [9.17, 15) is 4.39 Å². The first-order valence-corrected chi connectivity index (χ1v) is 10.6. The lowest BCUT2D eigenvalue weighted by molar-refractivity contribution is 0.205. The Balaban J connectivity index is 1.89. The zero-order valence-corrected chi connectivity index (χ0v) is 16.5. The quantitative estimate of drug-likeness (QED) is 0.395. The zero-order chi connectivity index (χ0) is 18.1. The smallest absolute Gasteiger partial charge is 0.127 e. The van der Waals surface area contributed by atoms with Crippen molar-refractivity contribution in [2.24, 2.45) is 5.92 Å². The van der Waals surface area contributed by atoms with Crippen LogP contribution in [0, 0.1) is 11.7 Å². The van der Waals surface area contributed by atoms with E-state index in [0.717, 1.165) is 17.9 Å². The summed E-state index contributed by atoms with van der Waals surface area (Å²) < 4.78 is 20.1. The predicted molar refractivity (Wildman–Crippen MR) is 105 cm³/mol. The van der Waals surface area contributed by atoms with E-state index in [1.807, 2.05) is 0 Å². The van der Waals surface area contributed by atoms with Crippen LogP contribution in [0.5, 0.6) is 5.75 Å². The Kier molecular flexibility index (Phi) is 8.78. The summed E-state index contributed by atoms with van der Waals surface area (Å²) in [4.78, 5) is 0. The van der Waals surface area contributed by atoms with Gasteiger partial charge < -0.3 is 4.74 Å². The van der Waals surface area contributed by atoms with Crippen LogP contribution in [0.2, 0.25) is 0 Å². The van der Waals surface area contributed by atoms with Crippen molar-refractivity contribution in [3.8, 4) is 5.75 Å². The van der Waals surface area contributed by atoms with Crippen LogP contribution in [0.4, 0.5) is 4.39 Å². The molecule has 0 saturated heterocycles. The molecule has 1 fully saturated rings. The molecule has 2 heteroatoms. The Morgan fingerprint density at radius 2 is 1.76 bits per heavy atom. The van der Waals surface area contributed by atoms with Crippen molar-refractivity contribution >= 4 is 0 Å². The highest BCUT2D eigenvalue weighted by molar-refractivity contribution is 5.32. The summed E-state index contributed by atoms with van der Waals surface area (Å²) in [5.74, 6) is 1.95. The van der Waals surface area contributed by atoms with Crippen LogP contribution in [0.25, 0.3) is 0 Å². The third kappa shape index (κ3) is 6.99. The number of benzene rings is 1. The molecule has 0 amide bonds. The summed E-state index contributed by atoms with van der Waals surface area (Å²) >= 11 is 0. The molecular formula is C23H37FO. The highest BCUT2D eigenvalue weighted by atomic mass is 19.1. The fourth-order valence-corrected chi connectivity index (χ4v) is 4.23. The lowest BCUT2D eigenvalue weighted by Gasteiger charge is -2.29. The molecule has 142 valence electrons. The van der Waals surface area contributed by atoms with E-state index in [1.54, 1.807) is 12.1 Å². The van der Waals surface area contributed by atoms with E-state index < -0.39 is 0 Å². The SMILES string of the molecule is CCCCCC[C@H](C)Oc1cc(F)cc(C2CCC(CCC)CC2)c1. The van der Waals surface area contributed by atoms with Crippen LogP contribution in [-0.2, 0) is 0 Å². The number of hydrogen-bond donors (Lipinski definition) is 0. The van der Waals surface area contributed by atoms with Gasteiger partial charge in [0.25, 0.3) is 0 Å². The van der Waals surface area contributed by atoms with Crippen molar-refractivity contribution in [1.29, 1.82) is 0 Å². The van der Waals surface area contributed by atoms with E-state index in [2.05, 4.69) is 26.8 Å². The summed E-state index contributed by atoms with van der Waals surface area (Å²) in [6.45, 7) is 6.60. The standard InChI is InChI=1S/C23H37FO/c1-4-6-7-8-10-18(3)25-23-16-21(15-22(24)17-23)20-13-11-19(9-5-2)12-14-20/h15-20H,4-14H2,1-3H3/t18-,19?,20?/m0/s1. The van der Waals surface area contributed by atoms with Crippen LogP contribution in [0.15, 0.2) is 18.2 Å². The predicted octanol–water partition coefficient (Wildman–Crippen LogP) is 7.64. The molecule has 2 rings (SSSR count). The van der Waals surface area contributed by atoms with Gasteiger partial charge in [-0.05, 0) is 75.0 Å². The summed E-state index contributed by atoms with van der Waals surface area (Å²) in [7, 11) is 0. The first kappa shape index (κ1) is 20.3. The van der Waals surface area contributed by atoms with Gasteiger partial charge in [-0.2, -0.15) is 0 Å². The van der Waals surface area contributed by atoms with E-state index in [-0.39, 0.29) is 11.9 Å². The van der Waals surface area contributed by atoms with Gasteiger partial charge >= 0.3 is 0 Å². The Bertz CT molecular complexity index is 491. The van der Waals surface area contributed by atoms with Crippen molar-refractivity contribution in [2.45, 2.75) is 103 Å². The highest BCUT2D eigenvalue weighted by Gasteiger charge is 2.22. The number of ether oxygens (including phenoxy) is 1. The fourth-order valence-electron chi connectivity index (χ4n) is 4.23. The van der Waals surface area contributed by atoms with E-state index in [0.29, 0.717) is 11.7 Å². The van der Waals surface area contributed by atoms with Crippen LogP contribution >= 0.6 is 0 Å². The van der Waals surface area contributed by atoms with E-state index in [4.69, 9.17) is 4.74 Å². The largest absolute Gasteiger partial charge is 0.491 e. The minimum Gasteiger partial charge on any atom is -0.491 e. The molecule has 1 atom stereocenters. The Labute approximate surface area is 154 Å². The molecule has 1 saturated carbocycles. The maximum Gasteiger partial charge on any atom is 0.127 e. The van der Waals surface area contributed by atoms with Gasteiger partial charge in [-0.3, -0.25) is 0 Å². The summed E-state index contributed by atoms with van der Waals surface area (Å²) in [5.41, 5.74) is 1.14. The first-order valence-electron chi connectivity index (χ1n) is 10.6. The second-order valence-corrected chi connectivity index (χ2v) is 8.00. The van der Waals surface area contributed by atoms with Crippen molar-refractivity contribution in [2.75, 3.05) is 0 Å². The Morgan fingerprint density at radius 1 is 1.00 bits per heavy atom. The maximum atomic E-state index is 14.1. The minimum absolute atomic E-state index is 0.152. The third-order valence-electron chi connectivity index (χ3n) is 5.71. The van der Waals surface area contributed by atoms with E-state index >= 15 is 0 Å². The lowest BCUT2D eigenvalue weighted by atomic mass is 9.77. The van der Waals surface area contributed by atoms with Gasteiger partial charge in [-0.25, -0.2) is 4.39 Å². The average Bonchev–Trinajstić information content (AvgIpc) is 2.59.